The highest BCUT2D eigenvalue weighted by atomic mass is 19.3. The number of benzene rings is 1. The maximum absolute atomic E-state index is 12.3. The Morgan fingerprint density at radius 2 is 1.69 bits per heavy atom. The predicted molar refractivity (Wildman–Crippen MR) is 115 cm³/mol. The number of ether oxygens (including phenoxy) is 1. The molecular formula is C26H34F2O. The molecule has 3 heteroatoms. The van der Waals surface area contributed by atoms with Gasteiger partial charge in [-0.25, -0.2) is 0 Å². The van der Waals surface area contributed by atoms with Crippen molar-refractivity contribution in [1.29, 1.82) is 0 Å². The minimum absolute atomic E-state index is 0.230. The Hall–Kier alpha value is -1.82. The lowest BCUT2D eigenvalue weighted by Crippen LogP contribution is -2.12. The van der Waals surface area contributed by atoms with Gasteiger partial charge in [0, 0.05) is 5.92 Å². The van der Waals surface area contributed by atoms with Crippen molar-refractivity contribution in [3.8, 4) is 17.6 Å². The molecule has 2 saturated carbocycles. The fourth-order valence-electron chi connectivity index (χ4n) is 4.92. The van der Waals surface area contributed by atoms with E-state index < -0.39 is 6.61 Å². The van der Waals surface area contributed by atoms with E-state index in [1.165, 1.54) is 44.1 Å². The highest BCUT2D eigenvalue weighted by molar-refractivity contribution is 5.30. The van der Waals surface area contributed by atoms with Crippen LogP contribution in [0.1, 0.15) is 82.6 Å². The molecule has 2 aliphatic carbocycles. The van der Waals surface area contributed by atoms with Crippen LogP contribution in [0, 0.1) is 29.6 Å². The van der Waals surface area contributed by atoms with Crippen LogP contribution < -0.4 is 4.74 Å². The van der Waals surface area contributed by atoms with Crippen molar-refractivity contribution in [2.24, 2.45) is 17.8 Å². The zero-order chi connectivity index (χ0) is 20.5. The van der Waals surface area contributed by atoms with Crippen molar-refractivity contribution >= 4 is 0 Å². The van der Waals surface area contributed by atoms with Crippen LogP contribution in [-0.4, -0.2) is 6.61 Å². The molecule has 0 aliphatic heterocycles. The summed E-state index contributed by atoms with van der Waals surface area (Å²) in [6.07, 6.45) is 17.0. The smallest absolute Gasteiger partial charge is 0.387 e. The summed E-state index contributed by atoms with van der Waals surface area (Å²) in [5.41, 5.74) is 1.22. The molecule has 0 spiro atoms. The Kier molecular flexibility index (Phi) is 8.59. The van der Waals surface area contributed by atoms with Crippen LogP contribution in [0.2, 0.25) is 0 Å². The number of hydrogen-bond acceptors (Lipinski definition) is 1. The lowest BCUT2D eigenvalue weighted by atomic mass is 9.79. The van der Waals surface area contributed by atoms with Gasteiger partial charge in [0.2, 0.25) is 0 Å². The van der Waals surface area contributed by atoms with Gasteiger partial charge in [-0.05, 0) is 92.9 Å². The first kappa shape index (κ1) is 21.9. The molecule has 0 saturated heterocycles. The molecule has 1 aromatic carbocycles. The largest absolute Gasteiger partial charge is 0.435 e. The van der Waals surface area contributed by atoms with Crippen LogP contribution in [-0.2, 0) is 0 Å². The van der Waals surface area contributed by atoms with Crippen molar-refractivity contribution in [3.05, 3.63) is 42.0 Å². The van der Waals surface area contributed by atoms with E-state index in [1.807, 2.05) is 12.1 Å². The van der Waals surface area contributed by atoms with E-state index in [0.29, 0.717) is 11.8 Å². The summed E-state index contributed by atoms with van der Waals surface area (Å²) in [5.74, 6) is 9.65. The summed E-state index contributed by atoms with van der Waals surface area (Å²) in [6.45, 7) is -0.476. The number of hydrogen-bond donors (Lipinski definition) is 0. The Morgan fingerprint density at radius 3 is 2.31 bits per heavy atom. The van der Waals surface area contributed by atoms with Gasteiger partial charge < -0.3 is 4.74 Å². The molecule has 0 N–H and O–H groups in total. The summed E-state index contributed by atoms with van der Waals surface area (Å²) in [4.78, 5) is 0. The molecular weight excluding hydrogens is 366 g/mol. The Labute approximate surface area is 174 Å². The summed E-state index contributed by atoms with van der Waals surface area (Å²) in [7, 11) is 0. The minimum Gasteiger partial charge on any atom is -0.435 e. The van der Waals surface area contributed by atoms with Gasteiger partial charge in [0.25, 0.3) is 0 Å². The maximum atomic E-state index is 12.3. The predicted octanol–water partition coefficient (Wildman–Crippen LogP) is 7.73. The average Bonchev–Trinajstić information content (AvgIpc) is 2.73. The van der Waals surface area contributed by atoms with Crippen molar-refractivity contribution in [2.45, 2.75) is 83.7 Å². The third-order valence-electron chi connectivity index (χ3n) is 6.63. The first-order valence-corrected chi connectivity index (χ1v) is 11.4. The monoisotopic (exact) mass is 400 g/mol. The van der Waals surface area contributed by atoms with E-state index in [1.54, 1.807) is 12.1 Å². The van der Waals surface area contributed by atoms with Gasteiger partial charge in [-0.2, -0.15) is 8.78 Å². The first-order chi connectivity index (χ1) is 14.1. The molecule has 0 unspecified atom stereocenters. The number of allylic oxidation sites excluding steroid dienone is 2. The zero-order valence-electron chi connectivity index (χ0n) is 17.6. The second-order valence-electron chi connectivity index (χ2n) is 8.71. The van der Waals surface area contributed by atoms with E-state index >= 15 is 0 Å². The standard InChI is InChI=1S/C26H34F2O/c1-2-5-20-8-10-21(11-9-20)6-3-4-7-22-12-14-23(15-13-22)24-16-18-25(19-17-24)29-26(27)28/h3,6,16-23,26H,2,5,8-15H2,1H3/t20-,21-,22-,23-. The van der Waals surface area contributed by atoms with Gasteiger partial charge in [0.15, 0.2) is 0 Å². The molecule has 0 atom stereocenters. The molecule has 0 bridgehead atoms. The van der Waals surface area contributed by atoms with Crippen LogP contribution in [0.3, 0.4) is 0 Å². The molecule has 3 rings (SSSR count). The van der Waals surface area contributed by atoms with Gasteiger partial charge in [0.05, 0.1) is 0 Å². The highest BCUT2D eigenvalue weighted by Crippen LogP contribution is 2.36. The van der Waals surface area contributed by atoms with Crippen LogP contribution >= 0.6 is 0 Å². The SMILES string of the molecule is CCC[C@H]1CC[C@H](C=CC#C[C@H]2CC[C@H](c3ccc(OC(F)F)cc3)CC2)CC1. The molecule has 1 aromatic rings. The van der Waals surface area contributed by atoms with E-state index in [4.69, 9.17) is 0 Å². The molecule has 2 aliphatic rings. The third-order valence-corrected chi connectivity index (χ3v) is 6.63. The van der Waals surface area contributed by atoms with E-state index in [-0.39, 0.29) is 5.75 Å². The van der Waals surface area contributed by atoms with Crippen LogP contribution in [0.15, 0.2) is 36.4 Å². The Morgan fingerprint density at radius 1 is 1.00 bits per heavy atom. The van der Waals surface area contributed by atoms with E-state index in [0.717, 1.165) is 37.5 Å². The molecule has 0 radical (unpaired) electrons. The van der Waals surface area contributed by atoms with E-state index in [2.05, 4.69) is 35.7 Å². The fraction of sp³-hybridized carbons (Fsp3) is 0.615. The average molecular weight is 401 g/mol. The third kappa shape index (κ3) is 7.18. The summed E-state index contributed by atoms with van der Waals surface area (Å²) < 4.78 is 28.9. The van der Waals surface area contributed by atoms with E-state index in [9.17, 15) is 8.78 Å². The quantitative estimate of drug-likeness (QED) is 0.444. The zero-order valence-corrected chi connectivity index (χ0v) is 17.6. The molecule has 0 aromatic heterocycles. The second kappa shape index (κ2) is 11.4. The van der Waals surface area contributed by atoms with Crippen molar-refractivity contribution in [3.63, 3.8) is 0 Å². The molecule has 0 amide bonds. The highest BCUT2D eigenvalue weighted by Gasteiger charge is 2.21. The Balaban J connectivity index is 1.39. The van der Waals surface area contributed by atoms with Crippen LogP contribution in [0.25, 0.3) is 0 Å². The van der Waals surface area contributed by atoms with Gasteiger partial charge in [0.1, 0.15) is 5.75 Å². The summed E-state index contributed by atoms with van der Waals surface area (Å²) >= 11 is 0. The minimum atomic E-state index is -2.76. The topological polar surface area (TPSA) is 9.23 Å². The van der Waals surface area contributed by atoms with Crippen molar-refractivity contribution < 1.29 is 13.5 Å². The summed E-state index contributed by atoms with van der Waals surface area (Å²) in [5, 5.41) is 0. The molecule has 29 heavy (non-hydrogen) atoms. The van der Waals surface area contributed by atoms with Gasteiger partial charge in [-0.15, -0.1) is 0 Å². The van der Waals surface area contributed by atoms with Gasteiger partial charge in [-0.3, -0.25) is 0 Å². The molecule has 0 heterocycles. The molecule has 158 valence electrons. The number of rotatable bonds is 6. The Bertz CT molecular complexity index is 682. The van der Waals surface area contributed by atoms with Crippen molar-refractivity contribution in [1.82, 2.24) is 0 Å². The number of alkyl halides is 2. The second-order valence-corrected chi connectivity index (χ2v) is 8.71. The maximum Gasteiger partial charge on any atom is 0.387 e. The van der Waals surface area contributed by atoms with Crippen LogP contribution in [0.4, 0.5) is 8.78 Å². The molecule has 2 fully saturated rings. The van der Waals surface area contributed by atoms with Crippen molar-refractivity contribution in [2.75, 3.05) is 0 Å². The molecule has 1 nitrogen and oxygen atoms in total. The lowest BCUT2D eigenvalue weighted by molar-refractivity contribution is -0.0498. The fourth-order valence-corrected chi connectivity index (χ4v) is 4.92. The van der Waals surface area contributed by atoms with Crippen LogP contribution in [0.5, 0.6) is 5.75 Å². The number of halogens is 2. The lowest BCUT2D eigenvalue weighted by Gasteiger charge is -2.26. The normalized spacial score (nSPS) is 27.6. The van der Waals surface area contributed by atoms with Gasteiger partial charge in [-0.1, -0.05) is 49.8 Å². The van der Waals surface area contributed by atoms with Gasteiger partial charge >= 0.3 is 6.61 Å². The summed E-state index contributed by atoms with van der Waals surface area (Å²) in [6, 6.07) is 7.14. The first-order valence-electron chi connectivity index (χ1n) is 11.4.